The molecule has 2 rings (SSSR count). The predicted octanol–water partition coefficient (Wildman–Crippen LogP) is 2.95. The average Bonchev–Trinajstić information content (AvgIpc) is 2.34. The number of carbonyl (C=O) groups excluding carboxylic acids is 1. The van der Waals surface area contributed by atoms with Gasteiger partial charge in [-0.3, -0.25) is 4.79 Å². The van der Waals surface area contributed by atoms with Gasteiger partial charge in [0.1, 0.15) is 11.5 Å². The SMILES string of the molecule is COc1cc2c(cc1C(C)C)OC(C)(C)C(=O)N2C. The Hall–Kier alpha value is -1.71. The molecule has 1 aliphatic rings. The van der Waals surface area contributed by atoms with Crippen molar-refractivity contribution in [3.63, 3.8) is 0 Å². The van der Waals surface area contributed by atoms with Crippen LogP contribution >= 0.6 is 0 Å². The predicted molar refractivity (Wildman–Crippen MR) is 75.2 cm³/mol. The molecule has 0 bridgehead atoms. The van der Waals surface area contributed by atoms with E-state index in [1.54, 1.807) is 32.9 Å². The lowest BCUT2D eigenvalue weighted by atomic mass is 9.98. The fourth-order valence-corrected chi connectivity index (χ4v) is 2.37. The normalized spacial score (nSPS) is 17.2. The number of nitrogens with zero attached hydrogens (tertiary/aromatic N) is 1. The number of likely N-dealkylation sites (N-methyl/N-ethyl adjacent to an activating group) is 1. The van der Waals surface area contributed by atoms with Gasteiger partial charge < -0.3 is 14.4 Å². The summed E-state index contributed by atoms with van der Waals surface area (Å²) in [6.07, 6.45) is 0. The van der Waals surface area contributed by atoms with E-state index < -0.39 is 5.60 Å². The number of fused-ring (bicyclic) bond motifs is 1. The summed E-state index contributed by atoms with van der Waals surface area (Å²) < 4.78 is 11.3. The Morgan fingerprint density at radius 3 is 2.47 bits per heavy atom. The largest absolute Gasteiger partial charge is 0.496 e. The van der Waals surface area contributed by atoms with Crippen LogP contribution in [0.2, 0.25) is 0 Å². The Morgan fingerprint density at radius 1 is 1.32 bits per heavy atom. The van der Waals surface area contributed by atoms with E-state index in [1.165, 1.54) is 0 Å². The van der Waals surface area contributed by atoms with Gasteiger partial charge in [-0.15, -0.1) is 0 Å². The minimum atomic E-state index is -0.829. The lowest BCUT2D eigenvalue weighted by Crippen LogP contribution is -2.50. The molecule has 0 aliphatic carbocycles. The minimum absolute atomic E-state index is 0.0562. The summed E-state index contributed by atoms with van der Waals surface area (Å²) in [5.74, 6) is 1.79. The summed E-state index contributed by atoms with van der Waals surface area (Å²) in [5.41, 5.74) is 1.01. The van der Waals surface area contributed by atoms with Crippen molar-refractivity contribution in [2.75, 3.05) is 19.1 Å². The summed E-state index contributed by atoms with van der Waals surface area (Å²) in [7, 11) is 3.41. The molecule has 4 heteroatoms. The van der Waals surface area contributed by atoms with E-state index in [4.69, 9.17) is 9.47 Å². The van der Waals surface area contributed by atoms with Crippen LogP contribution in [0.25, 0.3) is 0 Å². The Bertz CT molecular complexity index is 520. The Kier molecular flexibility index (Phi) is 3.20. The Morgan fingerprint density at radius 2 is 1.95 bits per heavy atom. The molecule has 0 saturated carbocycles. The molecule has 1 aromatic carbocycles. The zero-order valence-electron chi connectivity index (χ0n) is 12.4. The molecule has 0 aromatic heterocycles. The molecule has 0 N–H and O–H groups in total. The van der Waals surface area contributed by atoms with Crippen LogP contribution in [-0.2, 0) is 4.79 Å². The lowest BCUT2D eigenvalue weighted by molar-refractivity contribution is -0.132. The van der Waals surface area contributed by atoms with E-state index in [0.29, 0.717) is 5.92 Å². The van der Waals surface area contributed by atoms with Crippen molar-refractivity contribution in [3.05, 3.63) is 17.7 Å². The monoisotopic (exact) mass is 263 g/mol. The number of anilines is 1. The molecule has 0 saturated heterocycles. The second-order valence-corrected chi connectivity index (χ2v) is 5.69. The Labute approximate surface area is 114 Å². The van der Waals surface area contributed by atoms with Crippen molar-refractivity contribution < 1.29 is 14.3 Å². The fourth-order valence-electron chi connectivity index (χ4n) is 2.37. The van der Waals surface area contributed by atoms with E-state index in [1.807, 2.05) is 12.1 Å². The molecule has 4 nitrogen and oxygen atoms in total. The van der Waals surface area contributed by atoms with E-state index in [9.17, 15) is 4.79 Å². The quantitative estimate of drug-likeness (QED) is 0.823. The molecule has 1 aromatic rings. The number of amides is 1. The number of methoxy groups -OCH3 is 1. The standard InChI is InChI=1S/C15H21NO3/c1-9(2)10-7-13-11(8-12(10)18-6)16(5)14(17)15(3,4)19-13/h7-9H,1-6H3. The number of benzene rings is 1. The maximum Gasteiger partial charge on any atom is 0.270 e. The van der Waals surface area contributed by atoms with Gasteiger partial charge >= 0.3 is 0 Å². The molecule has 0 atom stereocenters. The molecule has 0 unspecified atom stereocenters. The molecule has 0 spiro atoms. The summed E-state index contributed by atoms with van der Waals surface area (Å²) in [5, 5.41) is 0. The van der Waals surface area contributed by atoms with Crippen LogP contribution in [0.5, 0.6) is 11.5 Å². The van der Waals surface area contributed by atoms with Crippen LogP contribution in [0.4, 0.5) is 5.69 Å². The van der Waals surface area contributed by atoms with Crippen molar-refractivity contribution in [1.82, 2.24) is 0 Å². The second kappa shape index (κ2) is 4.44. The minimum Gasteiger partial charge on any atom is -0.496 e. The third-order valence-corrected chi connectivity index (χ3v) is 3.48. The molecular formula is C15H21NO3. The van der Waals surface area contributed by atoms with Gasteiger partial charge in [0.05, 0.1) is 12.8 Å². The first kappa shape index (κ1) is 13.7. The van der Waals surface area contributed by atoms with Gasteiger partial charge in [0, 0.05) is 18.7 Å². The first-order valence-electron chi connectivity index (χ1n) is 6.47. The van der Waals surface area contributed by atoms with Crippen LogP contribution in [0.15, 0.2) is 12.1 Å². The number of carbonyl (C=O) groups is 1. The molecular weight excluding hydrogens is 242 g/mol. The highest BCUT2D eigenvalue weighted by molar-refractivity contribution is 6.02. The van der Waals surface area contributed by atoms with Gasteiger partial charge in [-0.05, 0) is 25.8 Å². The first-order chi connectivity index (χ1) is 8.77. The summed E-state index contributed by atoms with van der Waals surface area (Å²) in [6, 6.07) is 3.85. The van der Waals surface area contributed by atoms with Crippen LogP contribution in [0.3, 0.4) is 0 Å². The highest BCUT2D eigenvalue weighted by Crippen LogP contribution is 2.42. The second-order valence-electron chi connectivity index (χ2n) is 5.69. The van der Waals surface area contributed by atoms with Gasteiger partial charge in [-0.2, -0.15) is 0 Å². The van der Waals surface area contributed by atoms with E-state index in [2.05, 4.69) is 13.8 Å². The van der Waals surface area contributed by atoms with E-state index >= 15 is 0 Å². The number of rotatable bonds is 2. The molecule has 1 aliphatic heterocycles. The molecule has 0 radical (unpaired) electrons. The summed E-state index contributed by atoms with van der Waals surface area (Å²) in [6.45, 7) is 7.78. The third-order valence-electron chi connectivity index (χ3n) is 3.48. The summed E-state index contributed by atoms with van der Waals surface area (Å²) in [4.78, 5) is 13.8. The van der Waals surface area contributed by atoms with E-state index in [0.717, 1.165) is 22.7 Å². The fraction of sp³-hybridized carbons (Fsp3) is 0.533. The maximum absolute atomic E-state index is 12.2. The van der Waals surface area contributed by atoms with E-state index in [-0.39, 0.29) is 5.91 Å². The van der Waals surface area contributed by atoms with Crippen LogP contribution in [0.1, 0.15) is 39.2 Å². The lowest BCUT2D eigenvalue weighted by Gasteiger charge is -2.37. The van der Waals surface area contributed by atoms with Gasteiger partial charge in [0.15, 0.2) is 5.60 Å². The molecule has 19 heavy (non-hydrogen) atoms. The smallest absolute Gasteiger partial charge is 0.270 e. The van der Waals surface area contributed by atoms with Crippen LogP contribution in [-0.4, -0.2) is 25.7 Å². The molecule has 1 heterocycles. The number of hydrogen-bond donors (Lipinski definition) is 0. The third kappa shape index (κ3) is 2.15. The van der Waals surface area contributed by atoms with Crippen molar-refractivity contribution in [2.24, 2.45) is 0 Å². The van der Waals surface area contributed by atoms with Crippen molar-refractivity contribution in [3.8, 4) is 11.5 Å². The Balaban J connectivity index is 2.60. The number of hydrogen-bond acceptors (Lipinski definition) is 3. The van der Waals surface area contributed by atoms with Crippen molar-refractivity contribution >= 4 is 11.6 Å². The zero-order chi connectivity index (χ0) is 14.4. The van der Waals surface area contributed by atoms with Crippen molar-refractivity contribution in [1.29, 1.82) is 0 Å². The summed E-state index contributed by atoms with van der Waals surface area (Å²) >= 11 is 0. The maximum atomic E-state index is 12.2. The average molecular weight is 263 g/mol. The van der Waals surface area contributed by atoms with Gasteiger partial charge in [-0.1, -0.05) is 13.8 Å². The van der Waals surface area contributed by atoms with Crippen LogP contribution in [0, 0.1) is 0 Å². The topological polar surface area (TPSA) is 38.8 Å². The van der Waals surface area contributed by atoms with Crippen molar-refractivity contribution in [2.45, 2.75) is 39.2 Å². The van der Waals surface area contributed by atoms with Gasteiger partial charge in [-0.25, -0.2) is 0 Å². The number of ether oxygens (including phenoxy) is 2. The molecule has 1 amide bonds. The molecule has 0 fully saturated rings. The zero-order valence-corrected chi connectivity index (χ0v) is 12.4. The van der Waals surface area contributed by atoms with Gasteiger partial charge in [0.25, 0.3) is 5.91 Å². The van der Waals surface area contributed by atoms with Crippen LogP contribution < -0.4 is 14.4 Å². The van der Waals surface area contributed by atoms with Gasteiger partial charge in [0.2, 0.25) is 0 Å². The highest BCUT2D eigenvalue weighted by Gasteiger charge is 2.39. The first-order valence-corrected chi connectivity index (χ1v) is 6.47. The highest BCUT2D eigenvalue weighted by atomic mass is 16.5. The molecule has 104 valence electrons.